The van der Waals surface area contributed by atoms with Crippen molar-refractivity contribution < 1.29 is 15.3 Å². The highest BCUT2D eigenvalue weighted by Crippen LogP contribution is 2.59. The maximum absolute atomic E-state index is 10.3. The van der Waals surface area contributed by atoms with Crippen molar-refractivity contribution in [1.29, 1.82) is 0 Å². The minimum atomic E-state index is -0.504. The van der Waals surface area contributed by atoms with E-state index in [1.54, 1.807) is 5.57 Å². The molecule has 0 spiro atoms. The van der Waals surface area contributed by atoms with Gasteiger partial charge < -0.3 is 20.2 Å². The van der Waals surface area contributed by atoms with Crippen LogP contribution in [0.25, 0.3) is 0 Å². The summed E-state index contributed by atoms with van der Waals surface area (Å²) in [5.41, 5.74) is 2.68. The van der Waals surface area contributed by atoms with Gasteiger partial charge in [-0.05, 0) is 87.9 Å². The standard InChI is InChI=1S/C26H43NO3/c1-18(16-27-12-11-25(2,30)17-27)23-8-9-24-20(5-4-10-26(23,24)3)7-6-19-13-21(28)15-22(29)14-19/h6-7,18,21-24,28-30H,4-5,8-17H2,1-3H3/b19-6?,20-7+/t18?,21-,22+,23-,24+,25-,26-/m1/s1. The van der Waals surface area contributed by atoms with Gasteiger partial charge in [0.25, 0.3) is 0 Å². The van der Waals surface area contributed by atoms with Gasteiger partial charge in [0.1, 0.15) is 0 Å². The lowest BCUT2D eigenvalue weighted by Crippen LogP contribution is -2.40. The number of β-amino-alcohol motifs (C(OH)–C–C–N with tert-alkyl or cyclic N) is 1. The highest BCUT2D eigenvalue weighted by atomic mass is 16.3. The van der Waals surface area contributed by atoms with Crippen molar-refractivity contribution in [3.63, 3.8) is 0 Å². The van der Waals surface area contributed by atoms with Crippen LogP contribution in [0.4, 0.5) is 0 Å². The molecule has 4 heteroatoms. The fraction of sp³-hybridized carbons (Fsp3) is 0.846. The fourth-order valence-electron chi connectivity index (χ4n) is 7.47. The van der Waals surface area contributed by atoms with Crippen LogP contribution in [0.3, 0.4) is 0 Å². The Hall–Kier alpha value is -0.680. The van der Waals surface area contributed by atoms with Crippen molar-refractivity contribution in [2.45, 2.75) is 96.4 Å². The summed E-state index contributed by atoms with van der Waals surface area (Å²) in [4.78, 5) is 2.48. The van der Waals surface area contributed by atoms with Crippen molar-refractivity contribution in [2.75, 3.05) is 19.6 Å². The molecule has 7 atom stereocenters. The van der Waals surface area contributed by atoms with E-state index in [-0.39, 0.29) is 0 Å². The van der Waals surface area contributed by atoms with Crippen molar-refractivity contribution in [2.24, 2.45) is 23.2 Å². The van der Waals surface area contributed by atoms with Crippen LogP contribution in [0.1, 0.15) is 78.6 Å². The highest BCUT2D eigenvalue weighted by Gasteiger charge is 2.51. The maximum Gasteiger partial charge on any atom is 0.0758 e. The third-order valence-corrected chi connectivity index (χ3v) is 8.87. The normalized spacial score (nSPS) is 46.5. The number of likely N-dealkylation sites (tertiary alicyclic amines) is 1. The summed E-state index contributed by atoms with van der Waals surface area (Å²) in [7, 11) is 0. The van der Waals surface area contributed by atoms with Crippen LogP contribution >= 0.6 is 0 Å². The van der Waals surface area contributed by atoms with Gasteiger partial charge in [-0.25, -0.2) is 0 Å². The molecule has 0 aromatic carbocycles. The van der Waals surface area contributed by atoms with E-state index in [9.17, 15) is 15.3 Å². The topological polar surface area (TPSA) is 63.9 Å². The number of nitrogens with zero attached hydrogens (tertiary/aromatic N) is 1. The number of aliphatic hydroxyl groups is 3. The van der Waals surface area contributed by atoms with Gasteiger partial charge in [0.15, 0.2) is 0 Å². The lowest BCUT2D eigenvalue weighted by molar-refractivity contribution is 0.0547. The molecule has 0 amide bonds. The number of hydrogen-bond donors (Lipinski definition) is 3. The first-order chi connectivity index (χ1) is 14.2. The Morgan fingerprint density at radius 3 is 2.50 bits per heavy atom. The number of hydrogen-bond acceptors (Lipinski definition) is 4. The average Bonchev–Trinajstić information content (AvgIpc) is 3.18. The third kappa shape index (κ3) is 4.72. The summed E-state index contributed by atoms with van der Waals surface area (Å²) in [6.45, 7) is 9.92. The van der Waals surface area contributed by atoms with Crippen LogP contribution in [-0.4, -0.2) is 57.7 Å². The summed E-state index contributed by atoms with van der Waals surface area (Å²) in [6, 6.07) is 0. The first kappa shape index (κ1) is 22.5. The van der Waals surface area contributed by atoms with Crippen LogP contribution in [-0.2, 0) is 0 Å². The molecule has 4 nitrogen and oxygen atoms in total. The summed E-state index contributed by atoms with van der Waals surface area (Å²) >= 11 is 0. The molecule has 3 saturated carbocycles. The number of aliphatic hydroxyl groups excluding tert-OH is 2. The predicted molar refractivity (Wildman–Crippen MR) is 121 cm³/mol. The lowest BCUT2D eigenvalue weighted by atomic mass is 9.61. The summed E-state index contributed by atoms with van der Waals surface area (Å²) < 4.78 is 0. The first-order valence-electron chi connectivity index (χ1n) is 12.4. The minimum absolute atomic E-state index is 0.385. The van der Waals surface area contributed by atoms with Gasteiger partial charge in [-0.2, -0.15) is 0 Å². The van der Waals surface area contributed by atoms with Gasteiger partial charge in [0, 0.05) is 19.6 Å². The number of rotatable bonds is 4. The molecule has 30 heavy (non-hydrogen) atoms. The Morgan fingerprint density at radius 2 is 1.83 bits per heavy atom. The van der Waals surface area contributed by atoms with E-state index in [0.29, 0.717) is 36.5 Å². The van der Waals surface area contributed by atoms with Crippen LogP contribution in [0.5, 0.6) is 0 Å². The molecule has 1 unspecified atom stereocenters. The monoisotopic (exact) mass is 417 g/mol. The quantitative estimate of drug-likeness (QED) is 0.646. The molecule has 1 heterocycles. The van der Waals surface area contributed by atoms with Crippen molar-refractivity contribution >= 4 is 0 Å². The molecular weight excluding hydrogens is 374 g/mol. The zero-order chi connectivity index (χ0) is 21.5. The van der Waals surface area contributed by atoms with Gasteiger partial charge in [-0.3, -0.25) is 0 Å². The van der Waals surface area contributed by atoms with Crippen molar-refractivity contribution in [3.8, 4) is 0 Å². The molecule has 3 aliphatic carbocycles. The Morgan fingerprint density at radius 1 is 1.10 bits per heavy atom. The maximum atomic E-state index is 10.3. The average molecular weight is 418 g/mol. The van der Waals surface area contributed by atoms with Crippen LogP contribution in [0.15, 0.2) is 23.3 Å². The van der Waals surface area contributed by atoms with E-state index in [4.69, 9.17) is 0 Å². The first-order valence-corrected chi connectivity index (χ1v) is 12.4. The van der Waals surface area contributed by atoms with Crippen LogP contribution < -0.4 is 0 Å². The minimum Gasteiger partial charge on any atom is -0.393 e. The van der Waals surface area contributed by atoms with E-state index >= 15 is 0 Å². The summed E-state index contributed by atoms with van der Waals surface area (Å²) in [5, 5.41) is 30.3. The number of fused-ring (bicyclic) bond motifs is 1. The Kier molecular flexibility index (Phi) is 6.52. The Balaban J connectivity index is 1.44. The molecule has 4 rings (SSSR count). The molecule has 0 bridgehead atoms. The molecule has 0 aromatic heterocycles. The third-order valence-electron chi connectivity index (χ3n) is 8.87. The highest BCUT2D eigenvalue weighted by molar-refractivity contribution is 5.26. The molecule has 1 aliphatic heterocycles. The largest absolute Gasteiger partial charge is 0.393 e. The molecule has 1 saturated heterocycles. The molecular formula is C26H43NO3. The van der Waals surface area contributed by atoms with E-state index in [2.05, 4.69) is 30.9 Å². The van der Waals surface area contributed by atoms with Crippen molar-refractivity contribution in [1.82, 2.24) is 4.90 Å². The van der Waals surface area contributed by atoms with Gasteiger partial charge in [-0.15, -0.1) is 0 Å². The van der Waals surface area contributed by atoms with E-state index in [1.807, 2.05) is 6.92 Å². The van der Waals surface area contributed by atoms with Gasteiger partial charge in [0.05, 0.1) is 17.8 Å². The smallest absolute Gasteiger partial charge is 0.0758 e. The second-order valence-electron chi connectivity index (χ2n) is 11.6. The fourth-order valence-corrected chi connectivity index (χ4v) is 7.47. The van der Waals surface area contributed by atoms with Gasteiger partial charge in [0.2, 0.25) is 0 Å². The Bertz CT molecular complexity index is 672. The second kappa shape index (κ2) is 8.69. The van der Waals surface area contributed by atoms with Gasteiger partial charge in [-0.1, -0.05) is 37.1 Å². The Labute approximate surface area is 183 Å². The molecule has 4 fully saturated rings. The number of allylic oxidation sites excluding steroid dienone is 3. The molecule has 0 radical (unpaired) electrons. The SMILES string of the molecule is CC(CN1CC[C@@](C)(O)C1)[C@H]1CC[C@H]2/C(=C/C=C3C[C@@H](O)C[C@@H](O)C3)CCC[C@]12C. The molecule has 4 aliphatic rings. The molecule has 170 valence electrons. The van der Waals surface area contributed by atoms with E-state index in [1.165, 1.54) is 37.7 Å². The summed E-state index contributed by atoms with van der Waals surface area (Å²) in [5.74, 6) is 2.09. The van der Waals surface area contributed by atoms with Gasteiger partial charge >= 0.3 is 0 Å². The molecule has 0 aromatic rings. The zero-order valence-electron chi connectivity index (χ0n) is 19.3. The predicted octanol–water partition coefficient (Wildman–Crippen LogP) is 4.05. The van der Waals surface area contributed by atoms with E-state index < -0.39 is 17.8 Å². The van der Waals surface area contributed by atoms with E-state index in [0.717, 1.165) is 32.0 Å². The zero-order valence-corrected chi connectivity index (χ0v) is 19.3. The summed E-state index contributed by atoms with van der Waals surface area (Å²) in [6.07, 6.45) is 13.0. The second-order valence-corrected chi connectivity index (χ2v) is 11.6. The van der Waals surface area contributed by atoms with Crippen LogP contribution in [0.2, 0.25) is 0 Å². The molecule has 3 N–H and O–H groups in total. The van der Waals surface area contributed by atoms with Crippen molar-refractivity contribution in [3.05, 3.63) is 23.3 Å². The lowest BCUT2D eigenvalue weighted by Gasteiger charge is -2.45. The van der Waals surface area contributed by atoms with Crippen LogP contribution in [0, 0.1) is 23.2 Å².